The minimum absolute atomic E-state index is 0.797. The molecule has 0 aliphatic rings. The Bertz CT molecular complexity index is 4100. The molecule has 12 aromatic carbocycles. The van der Waals surface area contributed by atoms with E-state index in [1.54, 1.807) is 0 Å². The third-order valence-corrected chi connectivity index (χ3v) is 14.1. The van der Waals surface area contributed by atoms with Crippen molar-refractivity contribution in [2.75, 3.05) is 0 Å². The topological polar surface area (TPSA) is 19.1 Å². The van der Waals surface area contributed by atoms with Crippen molar-refractivity contribution in [1.29, 1.82) is 0 Å². The first kappa shape index (κ1) is 39.0. The van der Waals surface area contributed by atoms with Gasteiger partial charge in [0.15, 0.2) is 0 Å². The van der Waals surface area contributed by atoms with Crippen LogP contribution in [0.1, 0.15) is 0 Å². The maximum absolute atomic E-state index is 6.68. The molecule has 0 saturated heterocycles. The SMILES string of the molecule is c1ccc(Oc2cc(-c3c4cccc(-c5ccc6c7ccccc7n(-c7ccccc7)c6c5)c4cc4c(-c5ccc6c7ccccc7n(-c7ccccc7)c6c5)cccc34)c3ccccc3c2)cc1. The Hall–Kier alpha value is -9.18. The van der Waals surface area contributed by atoms with Gasteiger partial charge in [-0.05, 0) is 145 Å². The van der Waals surface area contributed by atoms with Crippen LogP contribution in [0.15, 0.2) is 255 Å². The van der Waals surface area contributed by atoms with Gasteiger partial charge in [0, 0.05) is 32.9 Å². The molecule has 3 heteroatoms. The van der Waals surface area contributed by atoms with Crippen LogP contribution in [0.25, 0.3) is 121 Å². The monoisotopic (exact) mass is 878 g/mol. The summed E-state index contributed by atoms with van der Waals surface area (Å²) >= 11 is 0. The number of para-hydroxylation sites is 5. The first-order chi connectivity index (χ1) is 34.2. The second-order valence-electron chi connectivity index (χ2n) is 18.0. The van der Waals surface area contributed by atoms with Crippen LogP contribution in [0.3, 0.4) is 0 Å². The van der Waals surface area contributed by atoms with Crippen molar-refractivity contribution in [3.8, 4) is 56.3 Å². The highest BCUT2D eigenvalue weighted by atomic mass is 16.5. The maximum Gasteiger partial charge on any atom is 0.128 e. The van der Waals surface area contributed by atoms with Gasteiger partial charge >= 0.3 is 0 Å². The summed E-state index contributed by atoms with van der Waals surface area (Å²) in [6, 6.07) is 92.4. The van der Waals surface area contributed by atoms with Crippen molar-refractivity contribution in [3.63, 3.8) is 0 Å². The Morgan fingerprint density at radius 1 is 0.246 bits per heavy atom. The van der Waals surface area contributed by atoms with Crippen molar-refractivity contribution in [2.24, 2.45) is 0 Å². The zero-order chi connectivity index (χ0) is 45.4. The van der Waals surface area contributed by atoms with E-state index in [4.69, 9.17) is 4.74 Å². The van der Waals surface area contributed by atoms with Crippen LogP contribution in [0.5, 0.6) is 11.5 Å². The minimum Gasteiger partial charge on any atom is -0.457 e. The van der Waals surface area contributed by atoms with Gasteiger partial charge in [-0.3, -0.25) is 0 Å². The second-order valence-corrected chi connectivity index (χ2v) is 18.0. The van der Waals surface area contributed by atoms with Crippen LogP contribution < -0.4 is 4.74 Å². The molecule has 0 spiro atoms. The third kappa shape index (κ3) is 6.29. The van der Waals surface area contributed by atoms with Crippen LogP contribution in [0.4, 0.5) is 0 Å². The highest BCUT2D eigenvalue weighted by Crippen LogP contribution is 2.47. The largest absolute Gasteiger partial charge is 0.457 e. The molecule has 3 nitrogen and oxygen atoms in total. The average molecular weight is 879 g/mol. The van der Waals surface area contributed by atoms with E-state index in [1.165, 1.54) is 87.2 Å². The summed E-state index contributed by atoms with van der Waals surface area (Å²) < 4.78 is 11.5. The molecule has 0 bridgehead atoms. The predicted molar refractivity (Wildman–Crippen MR) is 290 cm³/mol. The van der Waals surface area contributed by atoms with Gasteiger partial charge in [0.25, 0.3) is 0 Å². The highest BCUT2D eigenvalue weighted by Gasteiger charge is 2.21. The summed E-state index contributed by atoms with van der Waals surface area (Å²) in [4.78, 5) is 0. The zero-order valence-corrected chi connectivity index (χ0v) is 37.6. The molecule has 2 heterocycles. The second kappa shape index (κ2) is 15.7. The molecule has 0 aliphatic carbocycles. The third-order valence-electron chi connectivity index (χ3n) is 14.1. The molecule has 0 radical (unpaired) electrons. The lowest BCUT2D eigenvalue weighted by Gasteiger charge is -2.19. The fourth-order valence-corrected chi connectivity index (χ4v) is 11.1. The van der Waals surface area contributed by atoms with Crippen molar-refractivity contribution in [1.82, 2.24) is 9.13 Å². The van der Waals surface area contributed by atoms with Crippen LogP contribution >= 0.6 is 0 Å². The van der Waals surface area contributed by atoms with Crippen molar-refractivity contribution < 1.29 is 4.74 Å². The van der Waals surface area contributed by atoms with Crippen LogP contribution in [0.2, 0.25) is 0 Å². The maximum atomic E-state index is 6.68. The van der Waals surface area contributed by atoms with Gasteiger partial charge in [0.1, 0.15) is 11.5 Å². The van der Waals surface area contributed by atoms with Gasteiger partial charge in [0.05, 0.1) is 22.1 Å². The van der Waals surface area contributed by atoms with Crippen LogP contribution in [-0.2, 0) is 0 Å². The molecule has 0 aliphatic heterocycles. The number of hydrogen-bond acceptors (Lipinski definition) is 1. The number of hydrogen-bond donors (Lipinski definition) is 0. The average Bonchev–Trinajstić information content (AvgIpc) is 3.92. The van der Waals surface area contributed by atoms with Crippen molar-refractivity contribution in [3.05, 3.63) is 255 Å². The summed E-state index contributed by atoms with van der Waals surface area (Å²) in [6.07, 6.45) is 0. The van der Waals surface area contributed by atoms with E-state index < -0.39 is 0 Å². The summed E-state index contributed by atoms with van der Waals surface area (Å²) in [5.74, 6) is 1.60. The van der Waals surface area contributed by atoms with Gasteiger partial charge in [-0.15, -0.1) is 0 Å². The molecule has 0 fully saturated rings. The number of benzene rings is 12. The van der Waals surface area contributed by atoms with Crippen LogP contribution in [-0.4, -0.2) is 9.13 Å². The molecule has 0 N–H and O–H groups in total. The van der Waals surface area contributed by atoms with E-state index in [0.29, 0.717) is 0 Å². The molecular weight excluding hydrogens is 837 g/mol. The number of ether oxygens (including phenoxy) is 1. The molecule has 69 heavy (non-hydrogen) atoms. The lowest BCUT2D eigenvalue weighted by atomic mass is 9.85. The number of fused-ring (bicyclic) bond motifs is 9. The molecule has 0 saturated carbocycles. The fourth-order valence-electron chi connectivity index (χ4n) is 11.1. The van der Waals surface area contributed by atoms with E-state index >= 15 is 0 Å². The standard InChI is InChI=1S/C66H42N2O/c1-4-19-46(20-5-1)67-62-32-14-12-26-53(62)55-36-34-44(39-64(55)67)50-28-16-30-57-59(50)42-60-51(45-35-37-56-54-27-13-15-33-63(54)68(65(56)40-45)47-21-6-2-7-22-47)29-17-31-58(60)66(57)61-41-49(69-48-23-8-3-9-24-48)38-43-18-10-11-25-52(43)61/h1-42H. The Kier molecular flexibility index (Phi) is 8.90. The van der Waals surface area contributed by atoms with Gasteiger partial charge in [-0.25, -0.2) is 0 Å². The molecule has 0 atom stereocenters. The van der Waals surface area contributed by atoms with Gasteiger partial charge in [0.2, 0.25) is 0 Å². The predicted octanol–water partition coefficient (Wildman–Crippen LogP) is 18.1. The number of rotatable bonds is 7. The fraction of sp³-hybridized carbons (Fsp3) is 0. The van der Waals surface area contributed by atoms with E-state index in [9.17, 15) is 0 Å². The zero-order valence-electron chi connectivity index (χ0n) is 37.6. The van der Waals surface area contributed by atoms with E-state index in [1.807, 2.05) is 30.3 Å². The first-order valence-corrected chi connectivity index (χ1v) is 23.7. The Morgan fingerprint density at radius 2 is 0.696 bits per heavy atom. The molecule has 0 amide bonds. The van der Waals surface area contributed by atoms with Gasteiger partial charge < -0.3 is 13.9 Å². The van der Waals surface area contributed by atoms with E-state index in [0.717, 1.165) is 45.0 Å². The highest BCUT2D eigenvalue weighted by molar-refractivity contribution is 6.22. The molecule has 0 unspecified atom stereocenters. The van der Waals surface area contributed by atoms with Crippen LogP contribution in [0, 0.1) is 0 Å². The lowest BCUT2D eigenvalue weighted by Crippen LogP contribution is -1.94. The number of aromatic nitrogens is 2. The van der Waals surface area contributed by atoms with Gasteiger partial charge in [-0.2, -0.15) is 0 Å². The summed E-state index contributed by atoms with van der Waals surface area (Å²) in [5.41, 5.74) is 14.0. The molecular formula is C66H42N2O. The summed E-state index contributed by atoms with van der Waals surface area (Å²) in [5, 5.41) is 12.0. The summed E-state index contributed by atoms with van der Waals surface area (Å²) in [6.45, 7) is 0. The normalized spacial score (nSPS) is 11.8. The first-order valence-electron chi connectivity index (χ1n) is 23.7. The molecule has 2 aromatic heterocycles. The quantitative estimate of drug-likeness (QED) is 0.146. The minimum atomic E-state index is 0.797. The smallest absolute Gasteiger partial charge is 0.128 e. The Balaban J connectivity index is 1.07. The summed E-state index contributed by atoms with van der Waals surface area (Å²) in [7, 11) is 0. The van der Waals surface area contributed by atoms with Gasteiger partial charge in [-0.1, -0.05) is 176 Å². The Labute approximate surface area is 398 Å². The van der Waals surface area contributed by atoms with Crippen molar-refractivity contribution in [2.45, 2.75) is 0 Å². The van der Waals surface area contributed by atoms with Crippen molar-refractivity contribution >= 4 is 75.9 Å². The Morgan fingerprint density at radius 3 is 1.25 bits per heavy atom. The van der Waals surface area contributed by atoms with E-state index in [2.05, 4.69) is 234 Å². The molecule has 14 aromatic rings. The van der Waals surface area contributed by atoms with E-state index in [-0.39, 0.29) is 0 Å². The lowest BCUT2D eigenvalue weighted by molar-refractivity contribution is 0.483. The number of nitrogens with zero attached hydrogens (tertiary/aromatic N) is 2. The molecule has 14 rings (SSSR count). The molecule has 322 valence electrons.